The molecule has 55 heavy (non-hydrogen) atoms. The minimum atomic E-state index is -0.962. The van der Waals surface area contributed by atoms with Crippen molar-refractivity contribution >= 4 is 29.4 Å². The van der Waals surface area contributed by atoms with Gasteiger partial charge in [0.05, 0.1) is 24.4 Å². The van der Waals surface area contributed by atoms with Gasteiger partial charge in [0.1, 0.15) is 11.5 Å². The van der Waals surface area contributed by atoms with Gasteiger partial charge in [0.25, 0.3) is 0 Å². The maximum absolute atomic E-state index is 12.7. The lowest BCUT2D eigenvalue weighted by Gasteiger charge is -2.36. The fraction of sp³-hybridized carbons (Fsp3) is 0.156. The van der Waals surface area contributed by atoms with Crippen LogP contribution in [-0.2, 0) is 22.6 Å². The number of rotatable bonds is 13. The summed E-state index contributed by atoms with van der Waals surface area (Å²) in [6, 6.07) is 47.2. The molecule has 1 heterocycles. The number of benzene rings is 6. The summed E-state index contributed by atoms with van der Waals surface area (Å²) in [6.07, 6.45) is -0.542. The van der Waals surface area contributed by atoms with E-state index in [-0.39, 0.29) is 30.4 Å². The zero-order valence-electron chi connectivity index (χ0n) is 29.8. The van der Waals surface area contributed by atoms with E-state index in [9.17, 15) is 19.8 Å². The minimum Gasteiger partial charge on any atom is -0.478 e. The number of thioether (sulfide) groups is 1. The number of hydrogen-bond acceptors (Lipinski definition) is 7. The summed E-state index contributed by atoms with van der Waals surface area (Å²) in [5.41, 5.74) is 6.52. The molecule has 0 bridgehead atoms. The maximum atomic E-state index is 12.7. The number of nitrogens with one attached hydrogen (secondary N) is 2. The van der Waals surface area contributed by atoms with Gasteiger partial charge in [0.2, 0.25) is 0 Å². The predicted molar refractivity (Wildman–Crippen MR) is 213 cm³/mol. The highest BCUT2D eigenvalue weighted by molar-refractivity contribution is 7.99. The van der Waals surface area contributed by atoms with Gasteiger partial charge in [-0.1, -0.05) is 97.1 Å². The van der Waals surface area contributed by atoms with Crippen molar-refractivity contribution < 1.29 is 34.0 Å². The molecule has 0 aliphatic carbocycles. The molecule has 0 saturated carbocycles. The summed E-state index contributed by atoms with van der Waals surface area (Å²) in [6.45, 7) is 0.302. The Morgan fingerprint density at radius 1 is 0.709 bits per heavy atom. The van der Waals surface area contributed by atoms with E-state index in [1.165, 1.54) is 11.8 Å². The van der Waals surface area contributed by atoms with Crippen LogP contribution in [0.1, 0.15) is 51.4 Å². The van der Waals surface area contributed by atoms with Crippen molar-refractivity contribution in [2.24, 2.45) is 0 Å². The highest BCUT2D eigenvalue weighted by atomic mass is 32.2. The molecule has 10 heteroatoms. The second-order valence-corrected chi connectivity index (χ2v) is 14.1. The van der Waals surface area contributed by atoms with Crippen molar-refractivity contribution in [3.05, 3.63) is 179 Å². The van der Waals surface area contributed by atoms with Crippen LogP contribution in [0, 0.1) is 0 Å². The number of aliphatic hydroxyl groups excluding tert-OH is 1. The Morgan fingerprint density at radius 2 is 1.42 bits per heavy atom. The fourth-order valence-corrected chi connectivity index (χ4v) is 7.32. The lowest BCUT2D eigenvalue weighted by molar-refractivity contribution is -0.245. The number of para-hydroxylation sites is 1. The van der Waals surface area contributed by atoms with Crippen molar-refractivity contribution in [3.63, 3.8) is 0 Å². The topological polar surface area (TPSA) is 126 Å². The number of carbonyl (C=O) groups excluding carboxylic acids is 1. The second kappa shape index (κ2) is 17.9. The Morgan fingerprint density at radius 3 is 2.16 bits per heavy atom. The summed E-state index contributed by atoms with van der Waals surface area (Å²) in [4.78, 5) is 25.2. The van der Waals surface area contributed by atoms with E-state index in [2.05, 4.69) is 10.6 Å². The molecule has 0 spiro atoms. The Bertz CT molecular complexity index is 2200. The molecule has 3 atom stereocenters. The van der Waals surface area contributed by atoms with Crippen molar-refractivity contribution in [1.82, 2.24) is 5.32 Å². The normalized spacial score (nSPS) is 16.6. The molecule has 9 nitrogen and oxygen atoms in total. The Labute approximate surface area is 323 Å². The maximum Gasteiger partial charge on any atom is 0.336 e. The van der Waals surface area contributed by atoms with Gasteiger partial charge >= 0.3 is 12.0 Å². The van der Waals surface area contributed by atoms with Crippen molar-refractivity contribution in [2.45, 2.75) is 43.0 Å². The van der Waals surface area contributed by atoms with Crippen LogP contribution < -0.4 is 15.4 Å². The minimum absolute atomic E-state index is 0.0392. The third-order valence-electron chi connectivity index (χ3n) is 9.14. The molecule has 0 unspecified atom stereocenters. The number of carbonyl (C=O) groups is 2. The number of amides is 2. The molecular formula is C45H40N2O7S. The third-order valence-corrected chi connectivity index (χ3v) is 10.3. The van der Waals surface area contributed by atoms with Crippen LogP contribution in [0.15, 0.2) is 157 Å². The van der Waals surface area contributed by atoms with Crippen LogP contribution in [0.4, 0.5) is 10.5 Å². The first kappa shape index (κ1) is 37.4. The smallest absolute Gasteiger partial charge is 0.336 e. The summed E-state index contributed by atoms with van der Waals surface area (Å²) >= 11 is 1.46. The van der Waals surface area contributed by atoms with Crippen molar-refractivity contribution in [1.29, 1.82) is 0 Å². The molecule has 2 amide bonds. The molecule has 1 aliphatic rings. The van der Waals surface area contributed by atoms with E-state index in [0.717, 1.165) is 39.1 Å². The molecular weight excluding hydrogens is 713 g/mol. The number of aliphatic hydroxyl groups is 1. The van der Waals surface area contributed by atoms with Gasteiger partial charge in [-0.05, 0) is 82.4 Å². The van der Waals surface area contributed by atoms with E-state index in [4.69, 9.17) is 14.2 Å². The summed E-state index contributed by atoms with van der Waals surface area (Å²) in [7, 11) is 0. The zero-order chi connectivity index (χ0) is 38.0. The number of carboxylic acid groups (broad SMARTS) is 1. The number of carboxylic acids is 1. The van der Waals surface area contributed by atoms with Gasteiger partial charge in [-0.2, -0.15) is 0 Å². The Hall–Kier alpha value is -5.91. The molecule has 1 saturated heterocycles. The largest absolute Gasteiger partial charge is 0.478 e. The second-order valence-electron chi connectivity index (χ2n) is 13.0. The monoisotopic (exact) mass is 752 g/mol. The number of urea groups is 1. The van der Waals surface area contributed by atoms with Gasteiger partial charge in [0.15, 0.2) is 6.29 Å². The molecule has 0 radical (unpaired) electrons. The standard InChI is InChI=1S/C45H40N2O7S/c48-28-30-13-15-33(16-14-30)41-26-39(29-55-42-12-5-4-11-40(42)43(49)50)53-44(54-41)34-19-17-32(18-20-34)35-8-6-7-31(25-35)27-46-45(51)47-36-21-23-38(24-22-36)52-37-9-2-1-3-10-37/h1-25,39,41,44,48H,26-29H2,(H,49,50)(H2,46,47,51)/t39-,41+,44+/m1/s1. The lowest BCUT2D eigenvalue weighted by atomic mass is 9.99. The van der Waals surface area contributed by atoms with E-state index < -0.39 is 12.3 Å². The van der Waals surface area contributed by atoms with E-state index in [1.807, 2.05) is 115 Å². The Kier molecular flexibility index (Phi) is 12.2. The van der Waals surface area contributed by atoms with E-state index >= 15 is 0 Å². The number of aromatic carboxylic acids is 1. The molecule has 1 aliphatic heterocycles. The number of ether oxygens (including phenoxy) is 3. The SMILES string of the molecule is O=C(NCc1cccc(-c2ccc([C@H]3O[C@@H](CSc4ccccc4C(=O)O)C[C@@H](c4ccc(CO)cc4)O3)cc2)c1)Nc1ccc(Oc2ccccc2)cc1. The van der Waals surface area contributed by atoms with Crippen LogP contribution in [0.2, 0.25) is 0 Å². The number of anilines is 1. The van der Waals surface area contributed by atoms with Crippen LogP contribution in [0.3, 0.4) is 0 Å². The summed E-state index contributed by atoms with van der Waals surface area (Å²) in [5.74, 6) is 0.998. The van der Waals surface area contributed by atoms with Crippen molar-refractivity contribution in [3.8, 4) is 22.6 Å². The molecule has 7 rings (SSSR count). The van der Waals surface area contributed by atoms with Gasteiger partial charge in [-0.3, -0.25) is 0 Å². The van der Waals surface area contributed by atoms with Gasteiger partial charge < -0.3 is 35.1 Å². The van der Waals surface area contributed by atoms with Crippen LogP contribution in [0.5, 0.6) is 11.5 Å². The average Bonchev–Trinajstić information content (AvgIpc) is 3.23. The molecule has 6 aromatic rings. The zero-order valence-corrected chi connectivity index (χ0v) is 30.7. The summed E-state index contributed by atoms with van der Waals surface area (Å²) in [5, 5.41) is 25.0. The van der Waals surface area contributed by atoms with E-state index in [0.29, 0.717) is 35.1 Å². The average molecular weight is 753 g/mol. The predicted octanol–water partition coefficient (Wildman–Crippen LogP) is 10.00. The lowest BCUT2D eigenvalue weighted by Crippen LogP contribution is -2.31. The first-order valence-electron chi connectivity index (χ1n) is 17.9. The first-order valence-corrected chi connectivity index (χ1v) is 18.9. The third kappa shape index (κ3) is 10.00. The molecule has 1 fully saturated rings. The molecule has 4 N–H and O–H groups in total. The Balaban J connectivity index is 0.984. The molecule has 278 valence electrons. The van der Waals surface area contributed by atoms with Crippen molar-refractivity contribution in [2.75, 3.05) is 11.1 Å². The molecule has 0 aromatic heterocycles. The fourth-order valence-electron chi connectivity index (χ4n) is 6.26. The summed E-state index contributed by atoms with van der Waals surface area (Å²) < 4.78 is 18.9. The quantitative estimate of drug-likeness (QED) is 0.0860. The van der Waals surface area contributed by atoms with Gasteiger partial charge in [-0.15, -0.1) is 11.8 Å². The van der Waals surface area contributed by atoms with Crippen LogP contribution in [-0.4, -0.2) is 34.1 Å². The highest BCUT2D eigenvalue weighted by Crippen LogP contribution is 2.40. The highest BCUT2D eigenvalue weighted by Gasteiger charge is 2.32. The van der Waals surface area contributed by atoms with E-state index in [1.54, 1.807) is 36.4 Å². The molecule has 6 aromatic carbocycles. The van der Waals surface area contributed by atoms with Crippen LogP contribution >= 0.6 is 11.8 Å². The van der Waals surface area contributed by atoms with Gasteiger partial charge in [-0.25, -0.2) is 9.59 Å². The van der Waals surface area contributed by atoms with Gasteiger partial charge in [0, 0.05) is 34.9 Å². The first-order chi connectivity index (χ1) is 26.9. The number of hydrogen-bond donors (Lipinski definition) is 4. The van der Waals surface area contributed by atoms with Crippen LogP contribution in [0.25, 0.3) is 11.1 Å².